The molecule has 142 valence electrons. The minimum absolute atomic E-state index is 0.142. The van der Waals surface area contributed by atoms with Gasteiger partial charge in [-0.15, -0.1) is 11.8 Å². The van der Waals surface area contributed by atoms with E-state index in [2.05, 4.69) is 15.6 Å². The topological polar surface area (TPSA) is 71.1 Å². The molecule has 0 spiro atoms. The van der Waals surface area contributed by atoms with Crippen LogP contribution in [0.2, 0.25) is 5.02 Å². The van der Waals surface area contributed by atoms with Crippen molar-refractivity contribution in [3.63, 3.8) is 0 Å². The minimum atomic E-state index is -0.333. The van der Waals surface area contributed by atoms with E-state index in [0.29, 0.717) is 22.1 Å². The molecule has 0 aliphatic heterocycles. The van der Waals surface area contributed by atoms with E-state index in [-0.39, 0.29) is 17.1 Å². The first-order chi connectivity index (χ1) is 13.5. The van der Waals surface area contributed by atoms with Crippen LogP contribution in [0.15, 0.2) is 77.8 Å². The quantitative estimate of drug-likeness (QED) is 0.553. The third-order valence-electron chi connectivity index (χ3n) is 3.78. The molecule has 3 rings (SSSR count). The highest BCUT2D eigenvalue weighted by molar-refractivity contribution is 8.00. The van der Waals surface area contributed by atoms with Crippen LogP contribution in [-0.4, -0.2) is 22.0 Å². The zero-order valence-electron chi connectivity index (χ0n) is 15.1. The summed E-state index contributed by atoms with van der Waals surface area (Å²) in [6, 6.07) is 19.4. The molecule has 2 aromatic carbocycles. The Kier molecular flexibility index (Phi) is 6.68. The fourth-order valence-corrected chi connectivity index (χ4v) is 3.52. The molecular weight excluding hydrogens is 394 g/mol. The van der Waals surface area contributed by atoms with Gasteiger partial charge in [-0.25, -0.2) is 4.98 Å². The summed E-state index contributed by atoms with van der Waals surface area (Å²) in [5.41, 5.74) is 1.13. The van der Waals surface area contributed by atoms with Gasteiger partial charge in [-0.05, 0) is 55.5 Å². The molecule has 1 atom stereocenters. The van der Waals surface area contributed by atoms with Crippen LogP contribution in [0.5, 0.6) is 0 Å². The highest BCUT2D eigenvalue weighted by atomic mass is 35.5. The summed E-state index contributed by atoms with van der Waals surface area (Å²) in [5, 5.41) is 5.80. The molecule has 2 N–H and O–H groups in total. The number of hydrogen-bond acceptors (Lipinski definition) is 4. The van der Waals surface area contributed by atoms with Gasteiger partial charge in [-0.1, -0.05) is 29.8 Å². The predicted molar refractivity (Wildman–Crippen MR) is 114 cm³/mol. The molecule has 1 heterocycles. The molecule has 1 aromatic heterocycles. The number of benzene rings is 2. The van der Waals surface area contributed by atoms with E-state index in [1.54, 1.807) is 48.7 Å². The fraction of sp³-hybridized carbons (Fsp3) is 0.0952. The third-order valence-corrected chi connectivity index (χ3v) is 5.11. The number of carbonyl (C=O) groups is 2. The van der Waals surface area contributed by atoms with Crippen LogP contribution in [0.1, 0.15) is 17.3 Å². The maximum atomic E-state index is 12.4. The van der Waals surface area contributed by atoms with Crippen molar-refractivity contribution in [3.05, 3.63) is 83.5 Å². The van der Waals surface area contributed by atoms with Gasteiger partial charge in [0.25, 0.3) is 5.91 Å². The minimum Gasteiger partial charge on any atom is -0.322 e. The van der Waals surface area contributed by atoms with Gasteiger partial charge in [0.1, 0.15) is 5.82 Å². The molecule has 0 radical (unpaired) electrons. The van der Waals surface area contributed by atoms with Crippen molar-refractivity contribution < 1.29 is 9.59 Å². The van der Waals surface area contributed by atoms with E-state index < -0.39 is 0 Å². The lowest BCUT2D eigenvalue weighted by molar-refractivity contribution is -0.115. The molecule has 2 amide bonds. The summed E-state index contributed by atoms with van der Waals surface area (Å²) in [6.07, 6.45) is 1.62. The number of aromatic nitrogens is 1. The number of anilines is 2. The highest BCUT2D eigenvalue weighted by Gasteiger charge is 2.15. The van der Waals surface area contributed by atoms with Crippen molar-refractivity contribution in [2.24, 2.45) is 0 Å². The second-order valence-corrected chi connectivity index (χ2v) is 7.81. The largest absolute Gasteiger partial charge is 0.322 e. The molecule has 3 aromatic rings. The predicted octanol–water partition coefficient (Wildman–Crippen LogP) is 5.11. The van der Waals surface area contributed by atoms with Crippen molar-refractivity contribution in [2.45, 2.75) is 17.1 Å². The van der Waals surface area contributed by atoms with Crippen LogP contribution in [0.3, 0.4) is 0 Å². The molecule has 28 heavy (non-hydrogen) atoms. The maximum absolute atomic E-state index is 12.4. The highest BCUT2D eigenvalue weighted by Crippen LogP contribution is 2.27. The van der Waals surface area contributed by atoms with Crippen molar-refractivity contribution >= 4 is 46.7 Å². The first kappa shape index (κ1) is 19.9. The lowest BCUT2D eigenvalue weighted by Gasteiger charge is -2.12. The number of carbonyl (C=O) groups excluding carboxylic acids is 2. The molecule has 0 aliphatic rings. The summed E-state index contributed by atoms with van der Waals surface area (Å²) in [6.45, 7) is 1.82. The number of rotatable bonds is 6. The van der Waals surface area contributed by atoms with Gasteiger partial charge in [-0.3, -0.25) is 9.59 Å². The van der Waals surface area contributed by atoms with Gasteiger partial charge >= 0.3 is 0 Å². The molecular formula is C21H18ClN3O2S. The molecule has 0 fully saturated rings. The number of halogens is 1. The number of hydrogen-bond donors (Lipinski definition) is 2. The standard InChI is InChI=1S/C21H18ClN3O2S/c1-14(20(26)25-19-10-2-3-11-23-19)28-18-9-5-8-17(13-18)24-21(27)15-6-4-7-16(22)12-15/h2-14H,1H3,(H,24,27)(H,23,25,26). The van der Waals surface area contributed by atoms with E-state index in [1.807, 2.05) is 31.2 Å². The first-order valence-corrected chi connectivity index (χ1v) is 9.82. The number of thioether (sulfide) groups is 1. The zero-order chi connectivity index (χ0) is 19.9. The van der Waals surface area contributed by atoms with E-state index in [0.717, 1.165) is 4.90 Å². The van der Waals surface area contributed by atoms with Gasteiger partial charge < -0.3 is 10.6 Å². The summed E-state index contributed by atoms with van der Waals surface area (Å²) < 4.78 is 0. The second kappa shape index (κ2) is 9.39. The van der Waals surface area contributed by atoms with Crippen molar-refractivity contribution in [1.29, 1.82) is 0 Å². The average molecular weight is 412 g/mol. The maximum Gasteiger partial charge on any atom is 0.255 e. The van der Waals surface area contributed by atoms with Crippen molar-refractivity contribution in [1.82, 2.24) is 4.98 Å². The fourth-order valence-electron chi connectivity index (χ4n) is 2.40. The van der Waals surface area contributed by atoms with Crippen LogP contribution in [0, 0.1) is 0 Å². The zero-order valence-corrected chi connectivity index (χ0v) is 16.6. The Hall–Kier alpha value is -2.83. The Labute approximate surface area is 172 Å². The average Bonchev–Trinajstić information content (AvgIpc) is 2.69. The number of nitrogens with zero attached hydrogens (tertiary/aromatic N) is 1. The smallest absolute Gasteiger partial charge is 0.255 e. The number of amides is 2. The number of pyridine rings is 1. The Morgan fingerprint density at radius 2 is 1.82 bits per heavy atom. The normalized spacial score (nSPS) is 11.5. The van der Waals surface area contributed by atoms with Gasteiger partial charge in [0.15, 0.2) is 0 Å². The van der Waals surface area contributed by atoms with Gasteiger partial charge in [0, 0.05) is 27.4 Å². The number of nitrogens with one attached hydrogen (secondary N) is 2. The van der Waals surface area contributed by atoms with Crippen molar-refractivity contribution in [2.75, 3.05) is 10.6 Å². The Bertz CT molecular complexity index is 982. The van der Waals surface area contributed by atoms with E-state index >= 15 is 0 Å². The van der Waals surface area contributed by atoms with Gasteiger partial charge in [0.05, 0.1) is 5.25 Å². The van der Waals surface area contributed by atoms with Crippen LogP contribution < -0.4 is 10.6 Å². The van der Waals surface area contributed by atoms with E-state index in [1.165, 1.54) is 11.8 Å². The molecule has 1 unspecified atom stereocenters. The SMILES string of the molecule is CC(Sc1cccc(NC(=O)c2cccc(Cl)c2)c1)C(=O)Nc1ccccn1. The van der Waals surface area contributed by atoms with Crippen LogP contribution in [-0.2, 0) is 4.79 Å². The lowest BCUT2D eigenvalue weighted by Crippen LogP contribution is -2.22. The monoisotopic (exact) mass is 411 g/mol. The van der Waals surface area contributed by atoms with Gasteiger partial charge in [0.2, 0.25) is 5.91 Å². The molecule has 7 heteroatoms. The summed E-state index contributed by atoms with van der Waals surface area (Å²) in [4.78, 5) is 29.7. The Balaban J connectivity index is 1.62. The van der Waals surface area contributed by atoms with E-state index in [9.17, 15) is 9.59 Å². The second-order valence-electron chi connectivity index (χ2n) is 5.96. The molecule has 0 saturated carbocycles. The lowest BCUT2D eigenvalue weighted by atomic mass is 10.2. The Morgan fingerprint density at radius 1 is 1.00 bits per heavy atom. The summed E-state index contributed by atoms with van der Waals surface area (Å²) in [5.74, 6) is 0.130. The molecule has 0 saturated heterocycles. The summed E-state index contributed by atoms with van der Waals surface area (Å²) >= 11 is 7.33. The molecule has 0 bridgehead atoms. The first-order valence-electron chi connectivity index (χ1n) is 8.57. The van der Waals surface area contributed by atoms with Crippen LogP contribution in [0.4, 0.5) is 11.5 Å². The van der Waals surface area contributed by atoms with Crippen LogP contribution in [0.25, 0.3) is 0 Å². The van der Waals surface area contributed by atoms with Crippen LogP contribution >= 0.6 is 23.4 Å². The van der Waals surface area contributed by atoms with Crippen molar-refractivity contribution in [3.8, 4) is 0 Å². The summed E-state index contributed by atoms with van der Waals surface area (Å²) in [7, 11) is 0. The van der Waals surface area contributed by atoms with E-state index in [4.69, 9.17) is 11.6 Å². The molecule has 5 nitrogen and oxygen atoms in total. The Morgan fingerprint density at radius 3 is 2.57 bits per heavy atom. The van der Waals surface area contributed by atoms with Gasteiger partial charge in [-0.2, -0.15) is 0 Å². The third kappa shape index (κ3) is 5.58. The molecule has 0 aliphatic carbocycles.